The maximum atomic E-state index is 10.3. The van der Waals surface area contributed by atoms with Gasteiger partial charge in [0.1, 0.15) is 0 Å². The second-order valence-corrected chi connectivity index (χ2v) is 18.5. The average Bonchev–Trinajstić information content (AvgIpc) is 3.27. The molecule has 0 bridgehead atoms. The summed E-state index contributed by atoms with van der Waals surface area (Å²) in [5.74, 6) is 1.53. The fourth-order valence-electron chi connectivity index (χ4n) is 8.26. The molecule has 3 N–H and O–H groups in total. The summed E-state index contributed by atoms with van der Waals surface area (Å²) >= 11 is 0. The van der Waals surface area contributed by atoms with Crippen LogP contribution in [0.1, 0.15) is 34.1 Å². The van der Waals surface area contributed by atoms with Gasteiger partial charge in [-0.05, 0) is 0 Å². The van der Waals surface area contributed by atoms with Crippen LogP contribution in [0.15, 0.2) is 212 Å². The molecule has 0 aliphatic carbocycles. The number of methoxy groups -OCH3 is 1. The van der Waals surface area contributed by atoms with E-state index in [4.69, 9.17) is 9.26 Å². The van der Waals surface area contributed by atoms with Gasteiger partial charge in [0, 0.05) is 0 Å². The predicted molar refractivity (Wildman–Crippen MR) is 233 cm³/mol. The second-order valence-electron chi connectivity index (χ2n) is 14.1. The van der Waals surface area contributed by atoms with Crippen molar-refractivity contribution in [2.24, 2.45) is 0 Å². The molecule has 0 heterocycles. The Hall–Kier alpha value is -6.81. The van der Waals surface area contributed by atoms with Crippen molar-refractivity contribution < 1.29 is 24.6 Å². The van der Waals surface area contributed by atoms with Gasteiger partial charge in [-0.15, -0.1) is 0 Å². The number of ether oxygens (including phenoxy) is 1. The molecule has 0 saturated heterocycles. The van der Waals surface area contributed by atoms with Crippen LogP contribution >= 0.6 is 6.83 Å². The van der Waals surface area contributed by atoms with Crippen molar-refractivity contribution in [3.8, 4) is 28.7 Å². The summed E-state index contributed by atoms with van der Waals surface area (Å²) in [5, 5.41) is 35.1. The first-order chi connectivity index (χ1) is 27.9. The van der Waals surface area contributed by atoms with Gasteiger partial charge < -0.3 is 0 Å². The summed E-state index contributed by atoms with van der Waals surface area (Å²) < 4.78 is 13.6. The Bertz CT molecular complexity index is 2380. The molecule has 57 heavy (non-hydrogen) atoms. The van der Waals surface area contributed by atoms with Crippen LogP contribution in [0.2, 0.25) is 0 Å². The molecule has 5 nitrogen and oxygen atoms in total. The number of hydrogen-bond acceptors (Lipinski definition) is 5. The number of hydrogen-bond donors (Lipinski definition) is 3. The first-order valence-corrected chi connectivity index (χ1v) is 21.0. The van der Waals surface area contributed by atoms with Gasteiger partial charge >= 0.3 is 335 Å². The zero-order chi connectivity index (χ0) is 39.3. The van der Waals surface area contributed by atoms with Crippen LogP contribution < -0.4 is 30.5 Å². The van der Waals surface area contributed by atoms with E-state index in [-0.39, 0.29) is 29.1 Å². The van der Waals surface area contributed by atoms with Gasteiger partial charge in [-0.3, -0.25) is 0 Å². The zero-order valence-corrected chi connectivity index (χ0v) is 32.4. The van der Waals surface area contributed by atoms with Gasteiger partial charge in [-0.2, -0.15) is 0 Å². The molecule has 0 saturated carbocycles. The molecule has 282 valence electrons. The molecule has 8 aromatic rings. The van der Waals surface area contributed by atoms with Gasteiger partial charge in [0.2, 0.25) is 0 Å². The summed E-state index contributed by atoms with van der Waals surface area (Å²) in [4.78, 5) is 0. The van der Waals surface area contributed by atoms with Crippen LogP contribution in [-0.2, 0) is 0 Å². The van der Waals surface area contributed by atoms with Gasteiger partial charge in [-0.25, -0.2) is 0 Å². The van der Waals surface area contributed by atoms with Crippen LogP contribution in [0.5, 0.6) is 28.7 Å². The van der Waals surface area contributed by atoms with E-state index in [0.29, 0.717) is 5.75 Å². The van der Waals surface area contributed by atoms with Crippen molar-refractivity contribution in [2.75, 3.05) is 7.11 Å². The zero-order valence-electron chi connectivity index (χ0n) is 31.5. The fraction of sp³-hybridized carbons (Fsp3) is 0.0588. The molecule has 0 aromatic heterocycles. The van der Waals surface area contributed by atoms with Crippen molar-refractivity contribution in [2.45, 2.75) is 11.8 Å². The van der Waals surface area contributed by atoms with Crippen molar-refractivity contribution in [3.63, 3.8) is 0 Å². The second kappa shape index (κ2) is 15.7. The van der Waals surface area contributed by atoms with Crippen molar-refractivity contribution in [1.29, 1.82) is 0 Å². The number of benzene rings is 8. The van der Waals surface area contributed by atoms with E-state index in [9.17, 15) is 15.3 Å². The Morgan fingerprint density at radius 1 is 0.333 bits per heavy atom. The Morgan fingerprint density at radius 2 is 0.614 bits per heavy atom. The molecule has 0 aliphatic heterocycles. The van der Waals surface area contributed by atoms with Crippen LogP contribution in [0, 0.1) is 0 Å². The van der Waals surface area contributed by atoms with E-state index in [1.165, 1.54) is 0 Å². The molecule has 1 atom stereocenters. The maximum absolute atomic E-state index is 10.3. The molecular formula is C51H43O5P. The number of phenolic OH excluding ortho intramolecular Hbond substituents is 3. The topological polar surface area (TPSA) is 79.2 Å². The molecule has 0 radical (unpaired) electrons. The van der Waals surface area contributed by atoms with E-state index in [2.05, 4.69) is 109 Å². The number of rotatable bonds is 12. The summed E-state index contributed by atoms with van der Waals surface area (Å²) in [6.45, 7) is -4.05. The third kappa shape index (κ3) is 6.77. The number of aromatic hydroxyl groups is 3. The standard InChI is InChI=1S/C51H43O5P/c1-55-44-33-35-49(36-34-44)57(46-11-5-2-6-12-46,47-13-7-3-8-14-47,48-15-9-4-10-16-48)56-45-31-23-40(24-32-45)51(39-21-29-43(54)30-22-39)50(37-17-25-41(52)26-18-37)38-19-27-42(53)28-20-38/h2-36,50-54H,1H3. The van der Waals surface area contributed by atoms with Crippen molar-refractivity contribution in [3.05, 3.63) is 235 Å². The van der Waals surface area contributed by atoms with E-state index < -0.39 is 6.83 Å². The number of phenols is 3. The van der Waals surface area contributed by atoms with E-state index in [0.717, 1.165) is 49.2 Å². The molecule has 0 spiro atoms. The molecule has 0 fully saturated rings. The average molecular weight is 767 g/mol. The van der Waals surface area contributed by atoms with E-state index in [1.54, 1.807) is 43.5 Å². The Labute approximate surface area is 333 Å². The summed E-state index contributed by atoms with van der Waals surface area (Å²) in [5.41, 5.74) is 3.98. The Balaban J connectivity index is 1.36. The quantitative estimate of drug-likeness (QED) is 0.108. The first kappa shape index (κ1) is 37.1. The minimum absolute atomic E-state index is 0.180. The van der Waals surface area contributed by atoms with Crippen molar-refractivity contribution in [1.82, 2.24) is 0 Å². The van der Waals surface area contributed by atoms with Crippen molar-refractivity contribution >= 4 is 28.0 Å². The summed E-state index contributed by atoms with van der Waals surface area (Å²) in [7, 11) is 1.68. The monoisotopic (exact) mass is 766 g/mol. The molecule has 0 aliphatic rings. The van der Waals surface area contributed by atoms with Crippen LogP contribution in [-0.4, -0.2) is 22.4 Å². The molecule has 8 aromatic carbocycles. The normalized spacial score (nSPS) is 12.6. The van der Waals surface area contributed by atoms with Gasteiger partial charge in [-0.1, -0.05) is 0 Å². The van der Waals surface area contributed by atoms with Gasteiger partial charge in [0.15, 0.2) is 0 Å². The van der Waals surface area contributed by atoms with Gasteiger partial charge in [0.05, 0.1) is 0 Å². The Morgan fingerprint density at radius 3 is 0.930 bits per heavy atom. The minimum atomic E-state index is -4.05. The molecule has 8 rings (SSSR count). The summed E-state index contributed by atoms with van der Waals surface area (Å²) in [6.07, 6.45) is 0. The first-order valence-electron chi connectivity index (χ1n) is 18.9. The van der Waals surface area contributed by atoms with Crippen LogP contribution in [0.4, 0.5) is 0 Å². The van der Waals surface area contributed by atoms with E-state index >= 15 is 0 Å². The molecular weight excluding hydrogens is 724 g/mol. The molecule has 0 amide bonds. The molecule has 6 heteroatoms. The molecule has 1 unspecified atom stereocenters. The fourth-order valence-corrected chi connectivity index (χ4v) is 14.0. The Kier molecular flexibility index (Phi) is 10.3. The van der Waals surface area contributed by atoms with Crippen LogP contribution in [0.25, 0.3) is 0 Å². The van der Waals surface area contributed by atoms with Crippen LogP contribution in [0.3, 0.4) is 0 Å². The third-order valence-electron chi connectivity index (χ3n) is 10.9. The van der Waals surface area contributed by atoms with Gasteiger partial charge in [0.25, 0.3) is 0 Å². The summed E-state index contributed by atoms with van der Waals surface area (Å²) in [6, 6.07) is 70.2. The SMILES string of the molecule is COc1ccc(P(Oc2ccc(C(c3ccc(O)cc3)C(c3ccc(O)cc3)c3ccc(O)cc3)cc2)(c2ccccc2)(c2ccccc2)c2ccccc2)cc1. The third-order valence-corrected chi connectivity index (χ3v) is 16.6. The predicted octanol–water partition coefficient (Wildman–Crippen LogP) is 9.93. The van der Waals surface area contributed by atoms with E-state index in [1.807, 2.05) is 66.7 Å².